The summed E-state index contributed by atoms with van der Waals surface area (Å²) in [7, 11) is 2.04. The van der Waals surface area contributed by atoms with Crippen molar-refractivity contribution < 1.29 is 9.59 Å². The second kappa shape index (κ2) is 14.0. The van der Waals surface area contributed by atoms with Gasteiger partial charge in [-0.2, -0.15) is 10.2 Å². The van der Waals surface area contributed by atoms with Gasteiger partial charge in [-0.05, 0) is 68.5 Å². The molecule has 0 saturated heterocycles. The smallest absolute Gasteiger partial charge is 0.229 e. The van der Waals surface area contributed by atoms with Crippen LogP contribution in [0.2, 0.25) is 0 Å². The van der Waals surface area contributed by atoms with E-state index in [9.17, 15) is 9.59 Å². The Hall–Kier alpha value is -4.60. The molecular formula is C30H38N8O2. The lowest BCUT2D eigenvalue weighted by Gasteiger charge is -2.16. The molecule has 0 unspecified atom stereocenters. The Bertz CT molecular complexity index is 1380. The summed E-state index contributed by atoms with van der Waals surface area (Å²) in [4.78, 5) is 27.0. The average molecular weight is 543 g/mol. The molecular weight excluding hydrogens is 504 g/mol. The predicted molar refractivity (Wildman–Crippen MR) is 160 cm³/mol. The zero-order chi connectivity index (χ0) is 28.3. The van der Waals surface area contributed by atoms with Crippen molar-refractivity contribution in [3.63, 3.8) is 0 Å². The van der Waals surface area contributed by atoms with E-state index in [1.165, 1.54) is 0 Å². The summed E-state index contributed by atoms with van der Waals surface area (Å²) in [6.45, 7) is 5.93. The molecule has 0 atom stereocenters. The number of amides is 2. The maximum Gasteiger partial charge on any atom is 0.229 e. The summed E-state index contributed by atoms with van der Waals surface area (Å²) >= 11 is 0. The zero-order valence-electron chi connectivity index (χ0n) is 23.4. The minimum atomic E-state index is -0.109. The van der Waals surface area contributed by atoms with Crippen LogP contribution in [0, 0.1) is 0 Å². The predicted octanol–water partition coefficient (Wildman–Crippen LogP) is 4.56. The average Bonchev–Trinajstić information content (AvgIpc) is 3.59. The minimum Gasteiger partial charge on any atom is -0.385 e. The first-order chi connectivity index (χ1) is 19.4. The van der Waals surface area contributed by atoms with Gasteiger partial charge in [0.25, 0.3) is 0 Å². The molecule has 210 valence electrons. The van der Waals surface area contributed by atoms with Crippen LogP contribution < -0.4 is 20.9 Å². The van der Waals surface area contributed by atoms with Crippen LogP contribution in [0.25, 0.3) is 0 Å². The topological polar surface area (TPSA) is 131 Å². The van der Waals surface area contributed by atoms with Gasteiger partial charge in [0, 0.05) is 55.0 Å². The van der Waals surface area contributed by atoms with Gasteiger partial charge < -0.3 is 20.9 Å². The number of nitrogens with zero attached hydrogens (tertiary/aromatic N) is 3. The highest BCUT2D eigenvalue weighted by Crippen LogP contribution is 2.16. The molecule has 10 nitrogen and oxygen atoms in total. The molecule has 0 bridgehead atoms. The van der Waals surface area contributed by atoms with E-state index in [4.69, 9.17) is 0 Å². The van der Waals surface area contributed by atoms with Gasteiger partial charge in [0.15, 0.2) is 11.6 Å². The van der Waals surface area contributed by atoms with Gasteiger partial charge in [0.05, 0.1) is 12.8 Å². The van der Waals surface area contributed by atoms with Gasteiger partial charge in [-0.1, -0.05) is 24.3 Å². The SMILES string of the molecule is CCNc1ccc(CC(=O)Nc2cc(CCCc3cc(NC(=O)Cc4ccc(N(C)CC)cc4)n[nH]3)[nH]n2)cc1. The number of aromatic amines is 2. The van der Waals surface area contributed by atoms with Gasteiger partial charge in [0.1, 0.15) is 0 Å². The first-order valence-electron chi connectivity index (χ1n) is 13.7. The summed E-state index contributed by atoms with van der Waals surface area (Å²) in [5, 5.41) is 23.4. The third kappa shape index (κ3) is 8.45. The van der Waals surface area contributed by atoms with Crippen molar-refractivity contribution in [3.8, 4) is 0 Å². The number of benzene rings is 2. The van der Waals surface area contributed by atoms with Crippen LogP contribution in [-0.2, 0) is 35.3 Å². The fraction of sp³-hybridized carbons (Fsp3) is 0.333. The lowest BCUT2D eigenvalue weighted by Crippen LogP contribution is -2.16. The molecule has 2 aromatic carbocycles. The number of aromatic nitrogens is 4. The molecule has 40 heavy (non-hydrogen) atoms. The maximum atomic E-state index is 12.5. The molecule has 2 amide bonds. The molecule has 2 heterocycles. The van der Waals surface area contributed by atoms with Crippen molar-refractivity contribution in [2.45, 2.75) is 46.0 Å². The Morgan fingerprint density at radius 2 is 1.27 bits per heavy atom. The molecule has 0 saturated carbocycles. The van der Waals surface area contributed by atoms with Crippen LogP contribution in [-0.4, -0.2) is 52.3 Å². The summed E-state index contributed by atoms with van der Waals surface area (Å²) in [5.41, 5.74) is 5.94. The molecule has 5 N–H and O–H groups in total. The normalized spacial score (nSPS) is 10.8. The largest absolute Gasteiger partial charge is 0.385 e. The second-order valence-corrected chi connectivity index (χ2v) is 9.77. The Balaban J connectivity index is 1.17. The van der Waals surface area contributed by atoms with Crippen LogP contribution in [0.15, 0.2) is 60.7 Å². The quantitative estimate of drug-likeness (QED) is 0.159. The summed E-state index contributed by atoms with van der Waals surface area (Å²) in [6.07, 6.45) is 2.95. The van der Waals surface area contributed by atoms with E-state index in [0.29, 0.717) is 18.1 Å². The van der Waals surface area contributed by atoms with Crippen LogP contribution in [0.3, 0.4) is 0 Å². The number of carbonyl (C=O) groups is 2. The van der Waals surface area contributed by atoms with Crippen molar-refractivity contribution in [1.82, 2.24) is 20.4 Å². The van der Waals surface area contributed by atoms with Crippen LogP contribution in [0.5, 0.6) is 0 Å². The highest BCUT2D eigenvalue weighted by molar-refractivity contribution is 5.92. The Morgan fingerprint density at radius 3 is 1.75 bits per heavy atom. The number of rotatable bonds is 14. The number of anilines is 4. The van der Waals surface area contributed by atoms with Gasteiger partial charge in [-0.3, -0.25) is 19.8 Å². The Kier molecular flexibility index (Phi) is 9.93. The summed E-state index contributed by atoms with van der Waals surface area (Å²) in [5.74, 6) is 0.822. The number of hydrogen-bond donors (Lipinski definition) is 5. The van der Waals surface area contributed by atoms with E-state index in [-0.39, 0.29) is 18.2 Å². The number of aryl methyl sites for hydroxylation is 2. The molecule has 0 spiro atoms. The molecule has 4 rings (SSSR count). The molecule has 0 radical (unpaired) electrons. The van der Waals surface area contributed by atoms with Gasteiger partial charge >= 0.3 is 0 Å². The molecule has 0 aliphatic rings. The number of carbonyl (C=O) groups excluding carboxylic acids is 2. The number of hydrogen-bond acceptors (Lipinski definition) is 6. The molecule has 10 heteroatoms. The minimum absolute atomic E-state index is 0.104. The zero-order valence-corrected chi connectivity index (χ0v) is 23.4. The third-order valence-corrected chi connectivity index (χ3v) is 6.60. The molecule has 2 aromatic heterocycles. The highest BCUT2D eigenvalue weighted by atomic mass is 16.2. The van der Waals surface area contributed by atoms with Crippen LogP contribution >= 0.6 is 0 Å². The van der Waals surface area contributed by atoms with E-state index in [1.54, 1.807) is 0 Å². The summed E-state index contributed by atoms with van der Waals surface area (Å²) in [6, 6.07) is 19.6. The first kappa shape index (κ1) is 28.4. The van der Waals surface area contributed by atoms with Gasteiger partial charge in [-0.25, -0.2) is 0 Å². The van der Waals surface area contributed by atoms with E-state index in [0.717, 1.165) is 66.2 Å². The summed E-state index contributed by atoms with van der Waals surface area (Å²) < 4.78 is 0. The molecule has 0 fully saturated rings. The molecule has 0 aliphatic heterocycles. The van der Waals surface area contributed by atoms with Gasteiger partial charge in [-0.15, -0.1) is 0 Å². The van der Waals surface area contributed by atoms with Crippen molar-refractivity contribution >= 4 is 34.8 Å². The molecule has 4 aromatic rings. The van der Waals surface area contributed by atoms with Gasteiger partial charge in [0.2, 0.25) is 11.8 Å². The van der Waals surface area contributed by atoms with E-state index in [2.05, 4.69) is 48.2 Å². The van der Waals surface area contributed by atoms with E-state index < -0.39 is 0 Å². The van der Waals surface area contributed by atoms with Crippen molar-refractivity contribution in [3.05, 3.63) is 83.2 Å². The Labute approximate surface area is 235 Å². The monoisotopic (exact) mass is 542 g/mol. The fourth-order valence-corrected chi connectivity index (χ4v) is 4.32. The standard InChI is InChI=1S/C30H38N8O2/c1-4-31-23-13-9-21(10-14-23)17-29(39)32-27-19-24(34-36-27)7-6-8-25-20-28(37-35-25)33-30(40)18-22-11-15-26(16-12-22)38(3)5-2/h9-16,19-20,31H,4-8,17-18H2,1-3H3,(H2,32,34,36,39)(H2,33,35,37,40). The van der Waals surface area contributed by atoms with E-state index >= 15 is 0 Å². The van der Waals surface area contributed by atoms with Crippen molar-refractivity contribution in [1.29, 1.82) is 0 Å². The van der Waals surface area contributed by atoms with E-state index in [1.807, 2.05) is 74.6 Å². The van der Waals surface area contributed by atoms with Crippen molar-refractivity contribution in [2.24, 2.45) is 0 Å². The molecule has 0 aliphatic carbocycles. The first-order valence-corrected chi connectivity index (χ1v) is 13.7. The van der Waals surface area contributed by atoms with Crippen LogP contribution in [0.1, 0.15) is 42.8 Å². The fourth-order valence-electron chi connectivity index (χ4n) is 4.32. The second-order valence-electron chi connectivity index (χ2n) is 9.77. The number of H-pyrrole nitrogens is 2. The maximum absolute atomic E-state index is 12.5. The van der Waals surface area contributed by atoms with Crippen LogP contribution in [0.4, 0.5) is 23.0 Å². The Morgan fingerprint density at radius 1 is 0.775 bits per heavy atom. The van der Waals surface area contributed by atoms with Crippen molar-refractivity contribution in [2.75, 3.05) is 41.0 Å². The lowest BCUT2D eigenvalue weighted by atomic mass is 10.1. The third-order valence-electron chi connectivity index (χ3n) is 6.60. The lowest BCUT2D eigenvalue weighted by molar-refractivity contribution is -0.116. The highest BCUT2D eigenvalue weighted by Gasteiger charge is 2.10. The number of nitrogens with one attached hydrogen (secondary N) is 5.